The van der Waals surface area contributed by atoms with Crippen LogP contribution in [0, 0.1) is 5.92 Å². The lowest BCUT2D eigenvalue weighted by Crippen LogP contribution is -2.47. The van der Waals surface area contributed by atoms with E-state index in [9.17, 15) is 22.8 Å². The van der Waals surface area contributed by atoms with Gasteiger partial charge in [0.05, 0.1) is 5.92 Å². The summed E-state index contributed by atoms with van der Waals surface area (Å²) in [5.41, 5.74) is 0. The van der Waals surface area contributed by atoms with Gasteiger partial charge in [0.1, 0.15) is 13.1 Å². The topological polar surface area (TPSA) is 69.6 Å². The zero-order chi connectivity index (χ0) is 14.2. The molecule has 0 spiro atoms. The Kier molecular flexibility index (Phi) is 3.71. The Morgan fingerprint density at radius 3 is 2.42 bits per heavy atom. The van der Waals surface area contributed by atoms with Crippen LogP contribution in [0.15, 0.2) is 0 Å². The van der Waals surface area contributed by atoms with Gasteiger partial charge in [0, 0.05) is 12.1 Å². The lowest BCUT2D eigenvalue weighted by molar-refractivity contribution is -0.168. The summed E-state index contributed by atoms with van der Waals surface area (Å²) in [5.74, 6) is -2.67. The highest BCUT2D eigenvalue weighted by Crippen LogP contribution is 2.34. The van der Waals surface area contributed by atoms with E-state index in [1.54, 1.807) is 0 Å². The molecule has 2 rings (SSSR count). The van der Waals surface area contributed by atoms with Crippen molar-refractivity contribution in [2.75, 3.05) is 13.1 Å². The van der Waals surface area contributed by atoms with Gasteiger partial charge in [-0.15, -0.1) is 0 Å². The average molecular weight is 280 g/mol. The molecular formula is C11H15F3N2O3. The number of amides is 1. The first-order chi connectivity index (χ1) is 8.76. The van der Waals surface area contributed by atoms with Crippen molar-refractivity contribution in [3.05, 3.63) is 0 Å². The van der Waals surface area contributed by atoms with Crippen molar-refractivity contribution >= 4 is 11.9 Å². The van der Waals surface area contributed by atoms with Crippen LogP contribution < -0.4 is 5.32 Å². The lowest BCUT2D eigenvalue weighted by atomic mass is 9.88. The Morgan fingerprint density at radius 1 is 1.32 bits per heavy atom. The van der Waals surface area contributed by atoms with Crippen LogP contribution in [0.25, 0.3) is 0 Å². The van der Waals surface area contributed by atoms with Crippen LogP contribution in [0.4, 0.5) is 13.2 Å². The van der Waals surface area contributed by atoms with Crippen molar-refractivity contribution in [1.82, 2.24) is 10.2 Å². The zero-order valence-electron chi connectivity index (χ0n) is 10.1. The normalized spacial score (nSPS) is 29.5. The van der Waals surface area contributed by atoms with Crippen LogP contribution >= 0.6 is 0 Å². The molecular weight excluding hydrogens is 265 g/mol. The van der Waals surface area contributed by atoms with Gasteiger partial charge in [-0.1, -0.05) is 0 Å². The minimum absolute atomic E-state index is 0.109. The number of fused-ring (bicyclic) bond motifs is 2. The van der Waals surface area contributed by atoms with Gasteiger partial charge in [0.2, 0.25) is 5.91 Å². The Balaban J connectivity index is 2.04. The molecule has 0 aliphatic carbocycles. The Bertz CT molecular complexity index is 386. The van der Waals surface area contributed by atoms with Gasteiger partial charge in [-0.05, 0) is 19.3 Å². The first-order valence-corrected chi connectivity index (χ1v) is 6.09. The van der Waals surface area contributed by atoms with E-state index in [0.29, 0.717) is 11.3 Å². The number of nitrogens with one attached hydrogen (secondary N) is 1. The second-order valence-electron chi connectivity index (χ2n) is 5.09. The SMILES string of the molecule is O=C(O)CN(CC(F)(F)F)C(=O)C1CC2CCC1N2. The first-order valence-electron chi connectivity index (χ1n) is 6.09. The summed E-state index contributed by atoms with van der Waals surface area (Å²) in [6.45, 7) is -2.42. The fraction of sp³-hybridized carbons (Fsp3) is 0.818. The molecule has 3 atom stereocenters. The van der Waals surface area contributed by atoms with Crippen LogP contribution in [0.5, 0.6) is 0 Å². The van der Waals surface area contributed by atoms with Crippen molar-refractivity contribution in [1.29, 1.82) is 0 Å². The monoisotopic (exact) mass is 280 g/mol. The van der Waals surface area contributed by atoms with Gasteiger partial charge in [0.25, 0.3) is 0 Å². The van der Waals surface area contributed by atoms with Crippen LogP contribution in [-0.2, 0) is 9.59 Å². The molecule has 5 nitrogen and oxygen atoms in total. The number of aliphatic carboxylic acids is 1. The number of carbonyl (C=O) groups excluding carboxylic acids is 1. The number of nitrogens with zero attached hydrogens (tertiary/aromatic N) is 1. The van der Waals surface area contributed by atoms with Gasteiger partial charge in [-0.2, -0.15) is 13.2 Å². The molecule has 2 heterocycles. The smallest absolute Gasteiger partial charge is 0.406 e. The van der Waals surface area contributed by atoms with E-state index in [-0.39, 0.29) is 12.1 Å². The molecule has 3 unspecified atom stereocenters. The largest absolute Gasteiger partial charge is 0.480 e. The molecule has 2 saturated heterocycles. The number of carbonyl (C=O) groups is 2. The molecule has 8 heteroatoms. The molecule has 0 aromatic carbocycles. The van der Waals surface area contributed by atoms with E-state index < -0.39 is 37.1 Å². The third-order valence-electron chi connectivity index (χ3n) is 3.63. The van der Waals surface area contributed by atoms with E-state index in [1.807, 2.05) is 0 Å². The third-order valence-corrected chi connectivity index (χ3v) is 3.63. The summed E-state index contributed by atoms with van der Waals surface area (Å²) in [7, 11) is 0. The minimum Gasteiger partial charge on any atom is -0.480 e. The fourth-order valence-corrected chi connectivity index (χ4v) is 2.92. The zero-order valence-corrected chi connectivity index (χ0v) is 10.1. The molecule has 108 valence electrons. The van der Waals surface area contributed by atoms with Crippen LogP contribution in [-0.4, -0.2) is 53.2 Å². The number of hydrogen-bond acceptors (Lipinski definition) is 3. The standard InChI is InChI=1S/C11H15F3N2O3/c12-11(13,14)5-16(4-9(17)18)10(19)7-3-6-1-2-8(7)15-6/h6-8,15H,1-5H2,(H,17,18). The van der Waals surface area contributed by atoms with Gasteiger partial charge in [-0.25, -0.2) is 0 Å². The average Bonchev–Trinajstić information content (AvgIpc) is 2.85. The van der Waals surface area contributed by atoms with Crippen molar-refractivity contribution in [2.45, 2.75) is 37.5 Å². The number of carboxylic acids is 1. The molecule has 1 amide bonds. The van der Waals surface area contributed by atoms with Crippen LogP contribution in [0.3, 0.4) is 0 Å². The van der Waals surface area contributed by atoms with Gasteiger partial charge in [-0.3, -0.25) is 9.59 Å². The number of hydrogen-bond donors (Lipinski definition) is 2. The number of rotatable bonds is 4. The maximum atomic E-state index is 12.4. The predicted octanol–water partition coefficient (Wildman–Crippen LogP) is 0.602. The van der Waals surface area contributed by atoms with Gasteiger partial charge >= 0.3 is 12.1 Å². The van der Waals surface area contributed by atoms with Gasteiger partial charge < -0.3 is 15.3 Å². The minimum atomic E-state index is -4.59. The molecule has 2 bridgehead atoms. The maximum absolute atomic E-state index is 12.4. The third kappa shape index (κ3) is 3.37. The van der Waals surface area contributed by atoms with Crippen LogP contribution in [0.2, 0.25) is 0 Å². The number of carboxylic acid groups (broad SMARTS) is 1. The van der Waals surface area contributed by atoms with E-state index in [2.05, 4.69) is 5.32 Å². The second-order valence-corrected chi connectivity index (χ2v) is 5.09. The Morgan fingerprint density at radius 2 is 2.00 bits per heavy atom. The summed E-state index contributed by atoms with van der Waals surface area (Å²) < 4.78 is 37.2. The molecule has 0 saturated carbocycles. The Labute approximate surface area is 107 Å². The fourth-order valence-electron chi connectivity index (χ4n) is 2.92. The maximum Gasteiger partial charge on any atom is 0.406 e. The molecule has 0 radical (unpaired) electrons. The lowest BCUT2D eigenvalue weighted by Gasteiger charge is -2.28. The highest BCUT2D eigenvalue weighted by molar-refractivity contribution is 5.84. The first kappa shape index (κ1) is 14.1. The van der Waals surface area contributed by atoms with E-state index in [0.717, 1.165) is 12.8 Å². The Hall–Kier alpha value is -1.31. The van der Waals surface area contributed by atoms with E-state index in [1.165, 1.54) is 0 Å². The highest BCUT2D eigenvalue weighted by Gasteiger charge is 2.46. The summed E-state index contributed by atoms with van der Waals surface area (Å²) in [4.78, 5) is 23.1. The predicted molar refractivity (Wildman–Crippen MR) is 58.3 cm³/mol. The molecule has 19 heavy (non-hydrogen) atoms. The quantitative estimate of drug-likeness (QED) is 0.791. The van der Waals surface area contributed by atoms with Gasteiger partial charge in [0.15, 0.2) is 0 Å². The highest BCUT2D eigenvalue weighted by atomic mass is 19.4. The second kappa shape index (κ2) is 4.99. The summed E-state index contributed by atoms with van der Waals surface area (Å²) in [6.07, 6.45) is -2.41. The van der Waals surface area contributed by atoms with Crippen LogP contribution in [0.1, 0.15) is 19.3 Å². The molecule has 0 aromatic rings. The summed E-state index contributed by atoms with van der Waals surface area (Å²) in [5, 5.41) is 11.8. The molecule has 2 N–H and O–H groups in total. The molecule has 2 aliphatic rings. The molecule has 0 aromatic heterocycles. The van der Waals surface area contributed by atoms with Crippen molar-refractivity contribution < 1.29 is 27.9 Å². The molecule has 2 fully saturated rings. The van der Waals surface area contributed by atoms with E-state index in [4.69, 9.17) is 5.11 Å². The number of halogens is 3. The van der Waals surface area contributed by atoms with Crippen molar-refractivity contribution in [3.8, 4) is 0 Å². The summed E-state index contributed by atoms with van der Waals surface area (Å²) in [6, 6.07) is 0.0681. The number of alkyl halides is 3. The summed E-state index contributed by atoms with van der Waals surface area (Å²) >= 11 is 0. The van der Waals surface area contributed by atoms with Crippen molar-refractivity contribution in [2.24, 2.45) is 5.92 Å². The van der Waals surface area contributed by atoms with E-state index >= 15 is 0 Å². The van der Waals surface area contributed by atoms with Crippen molar-refractivity contribution in [3.63, 3.8) is 0 Å². The molecule has 2 aliphatic heterocycles.